The average molecular weight is 362 g/mol. The van der Waals surface area contributed by atoms with Crippen LogP contribution in [-0.4, -0.2) is 20.1 Å². The predicted octanol–water partition coefficient (Wildman–Crippen LogP) is 2.95. The molecule has 0 bridgehead atoms. The van der Waals surface area contributed by atoms with Crippen molar-refractivity contribution in [2.75, 3.05) is 7.11 Å². The van der Waals surface area contributed by atoms with Gasteiger partial charge in [-0.05, 0) is 41.5 Å². The fourth-order valence-corrected chi connectivity index (χ4v) is 3.87. The first-order valence-electron chi connectivity index (χ1n) is 7.72. The van der Waals surface area contributed by atoms with Crippen LogP contribution in [0.15, 0.2) is 48.7 Å². The molecule has 0 radical (unpaired) electrons. The highest BCUT2D eigenvalue weighted by Crippen LogP contribution is 2.25. The van der Waals surface area contributed by atoms with Crippen LogP contribution in [0.3, 0.4) is 0 Å². The summed E-state index contributed by atoms with van der Waals surface area (Å²) in [5, 5.41) is 0.936. The molecule has 3 rings (SSSR count). The standard InChI is InChI=1S/C18H19FN2O3S/c1-21-11-14(17-9-16(24-2)7-8-18(17)21)10-20-25(22,23)12-13-3-5-15(19)6-4-13/h3-9,11,20H,10,12H2,1-2H3. The number of rotatable bonds is 6. The Morgan fingerprint density at radius 3 is 2.56 bits per heavy atom. The van der Waals surface area contributed by atoms with Crippen LogP contribution in [0.4, 0.5) is 4.39 Å². The molecule has 0 spiro atoms. The number of fused-ring (bicyclic) bond motifs is 1. The van der Waals surface area contributed by atoms with E-state index in [1.54, 1.807) is 7.11 Å². The molecule has 1 heterocycles. The Morgan fingerprint density at radius 2 is 1.88 bits per heavy atom. The number of halogens is 1. The maximum Gasteiger partial charge on any atom is 0.216 e. The highest BCUT2D eigenvalue weighted by molar-refractivity contribution is 7.88. The fraction of sp³-hybridized carbons (Fsp3) is 0.222. The molecular formula is C18H19FN2O3S. The fourth-order valence-electron chi connectivity index (χ4n) is 2.76. The molecule has 0 atom stereocenters. The number of hydrogen-bond donors (Lipinski definition) is 1. The maximum absolute atomic E-state index is 12.9. The molecule has 132 valence electrons. The van der Waals surface area contributed by atoms with E-state index >= 15 is 0 Å². The zero-order chi connectivity index (χ0) is 18.0. The van der Waals surface area contributed by atoms with Gasteiger partial charge in [0, 0.05) is 30.7 Å². The topological polar surface area (TPSA) is 60.3 Å². The van der Waals surface area contributed by atoms with Crippen molar-refractivity contribution in [1.29, 1.82) is 0 Å². The van der Waals surface area contributed by atoms with E-state index in [2.05, 4.69) is 4.72 Å². The molecule has 7 heteroatoms. The van der Waals surface area contributed by atoms with Crippen molar-refractivity contribution in [3.05, 3.63) is 65.6 Å². The molecule has 1 aromatic heterocycles. The zero-order valence-electron chi connectivity index (χ0n) is 14.0. The van der Waals surface area contributed by atoms with Crippen molar-refractivity contribution in [3.8, 4) is 5.75 Å². The number of nitrogens with zero attached hydrogens (tertiary/aromatic N) is 1. The summed E-state index contributed by atoms with van der Waals surface area (Å²) in [6.07, 6.45) is 1.89. The number of nitrogens with one attached hydrogen (secondary N) is 1. The Bertz CT molecular complexity index is 995. The van der Waals surface area contributed by atoms with Crippen molar-refractivity contribution < 1.29 is 17.5 Å². The van der Waals surface area contributed by atoms with Crippen molar-refractivity contribution >= 4 is 20.9 Å². The van der Waals surface area contributed by atoms with Gasteiger partial charge in [0.2, 0.25) is 10.0 Å². The summed E-state index contributed by atoms with van der Waals surface area (Å²) in [5.41, 5.74) is 2.39. The van der Waals surface area contributed by atoms with Crippen LogP contribution in [0, 0.1) is 5.82 Å². The summed E-state index contributed by atoms with van der Waals surface area (Å²) in [4.78, 5) is 0. The smallest absolute Gasteiger partial charge is 0.216 e. The molecule has 3 aromatic rings. The minimum Gasteiger partial charge on any atom is -0.497 e. The number of aromatic nitrogens is 1. The highest BCUT2D eigenvalue weighted by Gasteiger charge is 2.14. The summed E-state index contributed by atoms with van der Waals surface area (Å²) in [6.45, 7) is 0.175. The number of methoxy groups -OCH3 is 1. The number of aryl methyl sites for hydroxylation is 1. The van der Waals surface area contributed by atoms with Crippen LogP contribution >= 0.6 is 0 Å². The summed E-state index contributed by atoms with van der Waals surface area (Å²) >= 11 is 0. The van der Waals surface area contributed by atoms with E-state index in [1.807, 2.05) is 36.0 Å². The SMILES string of the molecule is COc1ccc2c(c1)c(CNS(=O)(=O)Cc1ccc(F)cc1)cn2C. The summed E-state index contributed by atoms with van der Waals surface area (Å²) < 4.78 is 47.3. The number of ether oxygens (including phenoxy) is 1. The van der Waals surface area contributed by atoms with Crippen LogP contribution in [0.25, 0.3) is 10.9 Å². The Hall–Kier alpha value is -2.38. The van der Waals surface area contributed by atoms with Gasteiger partial charge in [-0.1, -0.05) is 12.1 Å². The molecule has 25 heavy (non-hydrogen) atoms. The van der Waals surface area contributed by atoms with E-state index < -0.39 is 10.0 Å². The van der Waals surface area contributed by atoms with Gasteiger partial charge in [0.25, 0.3) is 0 Å². The quantitative estimate of drug-likeness (QED) is 0.733. The number of sulfonamides is 1. The molecule has 0 aliphatic carbocycles. The molecule has 0 saturated carbocycles. The van der Waals surface area contributed by atoms with Crippen molar-refractivity contribution in [1.82, 2.24) is 9.29 Å². The third kappa shape index (κ3) is 4.00. The van der Waals surface area contributed by atoms with Crippen molar-refractivity contribution in [3.63, 3.8) is 0 Å². The van der Waals surface area contributed by atoms with Crippen LogP contribution in [0.5, 0.6) is 5.75 Å². The second-order valence-electron chi connectivity index (χ2n) is 5.85. The van der Waals surface area contributed by atoms with Gasteiger partial charge in [0.15, 0.2) is 0 Å². The summed E-state index contributed by atoms with van der Waals surface area (Å²) in [5.74, 6) is 0.134. The monoisotopic (exact) mass is 362 g/mol. The van der Waals surface area contributed by atoms with Gasteiger partial charge >= 0.3 is 0 Å². The second-order valence-corrected chi connectivity index (χ2v) is 7.66. The predicted molar refractivity (Wildman–Crippen MR) is 95.3 cm³/mol. The lowest BCUT2D eigenvalue weighted by atomic mass is 10.1. The van der Waals surface area contributed by atoms with Gasteiger partial charge in [-0.3, -0.25) is 0 Å². The minimum atomic E-state index is -3.53. The zero-order valence-corrected chi connectivity index (χ0v) is 14.8. The van der Waals surface area contributed by atoms with E-state index in [1.165, 1.54) is 24.3 Å². The Labute approximate surface area is 146 Å². The summed E-state index contributed by atoms with van der Waals surface area (Å²) in [7, 11) is -0.0332. The van der Waals surface area contributed by atoms with Crippen LogP contribution in [-0.2, 0) is 29.4 Å². The van der Waals surface area contributed by atoms with Gasteiger partial charge in [0.1, 0.15) is 11.6 Å². The molecule has 0 unspecified atom stereocenters. The van der Waals surface area contributed by atoms with Gasteiger partial charge in [-0.15, -0.1) is 0 Å². The van der Waals surface area contributed by atoms with E-state index in [0.29, 0.717) is 11.3 Å². The lowest BCUT2D eigenvalue weighted by molar-refractivity contribution is 0.415. The van der Waals surface area contributed by atoms with E-state index in [0.717, 1.165) is 16.5 Å². The molecule has 2 aromatic carbocycles. The Morgan fingerprint density at radius 1 is 1.16 bits per heavy atom. The first kappa shape index (κ1) is 17.4. The molecule has 0 amide bonds. The van der Waals surface area contributed by atoms with Gasteiger partial charge < -0.3 is 9.30 Å². The molecule has 0 saturated heterocycles. The normalized spacial score (nSPS) is 11.8. The lowest BCUT2D eigenvalue weighted by Gasteiger charge is -2.07. The molecule has 0 fully saturated rings. The van der Waals surface area contributed by atoms with E-state index in [4.69, 9.17) is 4.74 Å². The van der Waals surface area contributed by atoms with Gasteiger partial charge in [-0.2, -0.15) is 0 Å². The molecule has 5 nitrogen and oxygen atoms in total. The highest BCUT2D eigenvalue weighted by atomic mass is 32.2. The first-order chi connectivity index (χ1) is 11.9. The first-order valence-corrected chi connectivity index (χ1v) is 9.37. The molecule has 0 aliphatic heterocycles. The summed E-state index contributed by atoms with van der Waals surface area (Å²) in [6, 6.07) is 11.1. The third-order valence-electron chi connectivity index (χ3n) is 4.03. The Balaban J connectivity index is 1.78. The lowest BCUT2D eigenvalue weighted by Crippen LogP contribution is -2.24. The third-order valence-corrected chi connectivity index (χ3v) is 5.33. The van der Waals surface area contributed by atoms with Crippen LogP contribution < -0.4 is 9.46 Å². The van der Waals surface area contributed by atoms with E-state index in [9.17, 15) is 12.8 Å². The van der Waals surface area contributed by atoms with Crippen molar-refractivity contribution in [2.45, 2.75) is 12.3 Å². The number of benzene rings is 2. The maximum atomic E-state index is 12.9. The van der Waals surface area contributed by atoms with Gasteiger partial charge in [0.05, 0.1) is 12.9 Å². The minimum absolute atomic E-state index is 0.175. The van der Waals surface area contributed by atoms with Crippen LogP contribution in [0.1, 0.15) is 11.1 Å². The average Bonchev–Trinajstić information content (AvgIpc) is 2.90. The number of hydrogen-bond acceptors (Lipinski definition) is 3. The molecular weight excluding hydrogens is 343 g/mol. The van der Waals surface area contributed by atoms with Crippen LogP contribution in [0.2, 0.25) is 0 Å². The Kier molecular flexibility index (Phi) is 4.78. The van der Waals surface area contributed by atoms with Gasteiger partial charge in [-0.25, -0.2) is 17.5 Å². The van der Waals surface area contributed by atoms with E-state index in [-0.39, 0.29) is 18.1 Å². The second kappa shape index (κ2) is 6.85. The largest absolute Gasteiger partial charge is 0.497 e. The molecule has 1 N–H and O–H groups in total. The van der Waals surface area contributed by atoms with Crippen molar-refractivity contribution in [2.24, 2.45) is 7.05 Å². The molecule has 0 aliphatic rings.